The van der Waals surface area contributed by atoms with Crippen molar-refractivity contribution in [3.05, 3.63) is 0 Å². The van der Waals surface area contributed by atoms with E-state index in [2.05, 4.69) is 0 Å². The summed E-state index contributed by atoms with van der Waals surface area (Å²) in [4.78, 5) is 17.0. The van der Waals surface area contributed by atoms with Gasteiger partial charge in [-0.15, -0.1) is 0 Å². The zero-order valence-corrected chi connectivity index (χ0v) is 7.66. The molecule has 0 bridgehead atoms. The summed E-state index contributed by atoms with van der Waals surface area (Å²) in [5, 5.41) is 0. The summed E-state index contributed by atoms with van der Waals surface area (Å²) in [5.41, 5.74) is 0. The van der Waals surface area contributed by atoms with E-state index in [9.17, 15) is 12.6 Å². The summed E-state index contributed by atoms with van der Waals surface area (Å²) in [6, 6.07) is 0. The molecule has 0 aromatic carbocycles. The van der Waals surface area contributed by atoms with Crippen molar-refractivity contribution >= 4 is 40.2 Å². The maximum Gasteiger partial charge on any atom is 2.00 e. The van der Waals surface area contributed by atoms with Gasteiger partial charge in [-0.3, -0.25) is 0 Å². The van der Waals surface area contributed by atoms with E-state index in [1.807, 2.05) is 0 Å². The normalized spacial score (nSPS) is 6.20. The zero-order chi connectivity index (χ0) is 7.15. The number of halogens is 3. The molecule has 0 atom stereocenters. The van der Waals surface area contributed by atoms with Gasteiger partial charge in [0, 0.05) is 0 Å². The third-order valence-electron chi connectivity index (χ3n) is 0. The van der Waals surface area contributed by atoms with Crippen LogP contribution < -0.4 is 9.79 Å². The van der Waals surface area contributed by atoms with Crippen LogP contribution in [0, 0.1) is 0 Å². The van der Waals surface area contributed by atoms with Gasteiger partial charge in [0.05, 0.1) is 0 Å². The first kappa shape index (κ1) is 22.4. The summed E-state index contributed by atoms with van der Waals surface area (Å²) >= 11 is 0. The van der Waals surface area contributed by atoms with Gasteiger partial charge in [-0.05, 0) is 0 Å². The minimum Gasteiger partial charge on any atom is -0.598 e. The summed E-state index contributed by atoms with van der Waals surface area (Å²) in [7, 11) is -7.49. The molecule has 0 heterocycles. The summed E-state index contributed by atoms with van der Waals surface area (Å²) < 4.78 is 37.7. The molecule has 0 radical (unpaired) electrons. The second-order valence-electron chi connectivity index (χ2n) is 0.415. The first-order valence-corrected chi connectivity index (χ1v) is 3.16. The average Bonchev–Trinajstić information content (AvgIpc) is 1.25. The molecule has 0 aliphatic rings. The van der Waals surface area contributed by atoms with Gasteiger partial charge in [0.25, 0.3) is 8.25 Å². The Kier molecular flexibility index (Phi) is 37.1. The largest absolute Gasteiger partial charge is 2.00 e. The van der Waals surface area contributed by atoms with E-state index in [1.54, 1.807) is 0 Å². The van der Waals surface area contributed by atoms with Crippen molar-refractivity contribution in [2.75, 3.05) is 0 Å². The van der Waals surface area contributed by atoms with Gasteiger partial charge in [0.2, 0.25) is 0 Å². The standard InChI is InChI=1S/F3P.Mg.HO3P.H2O/c1-4(2)3;;1-4(2)3;/h;;(H,1,2,3);1H2/q;+2;;/p-1. The third-order valence-corrected chi connectivity index (χ3v) is 0. The molecular weight excluding hydrogens is 207 g/mol. The van der Waals surface area contributed by atoms with Gasteiger partial charge >= 0.3 is 31.9 Å². The summed E-state index contributed by atoms with van der Waals surface area (Å²) in [6.07, 6.45) is 0. The third kappa shape index (κ3) is 609. The van der Waals surface area contributed by atoms with Crippen LogP contribution in [0.25, 0.3) is 0 Å². The molecule has 0 rings (SSSR count). The van der Waals surface area contributed by atoms with Crippen LogP contribution in [0.1, 0.15) is 0 Å². The second-order valence-corrected chi connectivity index (χ2v) is 1.25. The molecule has 0 saturated carbocycles. The molecule has 58 valence electrons. The fourth-order valence-corrected chi connectivity index (χ4v) is 0. The van der Waals surface area contributed by atoms with Gasteiger partial charge in [-0.25, -0.2) is 0 Å². The van der Waals surface area contributed by atoms with Crippen LogP contribution in [0.15, 0.2) is 0 Å². The quantitative estimate of drug-likeness (QED) is 0.389. The van der Waals surface area contributed by atoms with E-state index >= 15 is 0 Å². The molecule has 0 aromatic rings. The maximum absolute atomic E-state index is 9.73. The molecule has 4 nitrogen and oxygen atoms in total. The molecule has 2 N–H and O–H groups in total. The van der Waals surface area contributed by atoms with Gasteiger partial charge in [-0.2, -0.15) is 12.6 Å². The minimum absolute atomic E-state index is 0. The zero-order valence-electron chi connectivity index (χ0n) is 4.46. The average molecular weight is 209 g/mol. The molecule has 10 heteroatoms. The van der Waals surface area contributed by atoms with Crippen molar-refractivity contribution in [2.24, 2.45) is 0 Å². The Morgan fingerprint density at radius 3 is 1.20 bits per heavy atom. The van der Waals surface area contributed by atoms with Crippen LogP contribution >= 0.6 is 17.1 Å². The first-order chi connectivity index (χ1) is 3.46. The van der Waals surface area contributed by atoms with Gasteiger partial charge in [0.1, 0.15) is 0 Å². The molecule has 0 fully saturated rings. The van der Waals surface area contributed by atoms with E-state index in [4.69, 9.17) is 14.4 Å². The van der Waals surface area contributed by atoms with Crippen molar-refractivity contribution in [3.8, 4) is 0 Å². The molecule has 0 aliphatic carbocycles. The molecule has 0 aromatic heterocycles. The number of hydrogen-bond donors (Lipinski definition) is 0. The predicted molar refractivity (Wildman–Crippen MR) is 27.2 cm³/mol. The second kappa shape index (κ2) is 16.5. The molecule has 0 saturated heterocycles. The Morgan fingerprint density at radius 2 is 1.20 bits per heavy atom. The Hall–Kier alpha value is 0.966. The topological polar surface area (TPSA) is 94.7 Å². The fraction of sp³-hybridized carbons (Fsp3) is 0. The van der Waals surface area contributed by atoms with Crippen molar-refractivity contribution in [3.63, 3.8) is 0 Å². The Labute approximate surface area is 73.0 Å². The molecule has 0 spiro atoms. The van der Waals surface area contributed by atoms with Crippen molar-refractivity contribution in [1.82, 2.24) is 0 Å². The van der Waals surface area contributed by atoms with Crippen molar-refractivity contribution < 1.29 is 32.4 Å². The molecular formula is H2F3MgO4P2+. The maximum atomic E-state index is 9.73. The van der Waals surface area contributed by atoms with Gasteiger partial charge in [-0.1, -0.05) is 4.57 Å². The van der Waals surface area contributed by atoms with E-state index in [0.29, 0.717) is 0 Å². The molecule has 10 heavy (non-hydrogen) atoms. The van der Waals surface area contributed by atoms with E-state index in [1.165, 1.54) is 0 Å². The van der Waals surface area contributed by atoms with Crippen LogP contribution in [-0.4, -0.2) is 28.5 Å². The van der Waals surface area contributed by atoms with Crippen LogP contribution in [0.4, 0.5) is 12.6 Å². The Balaban J connectivity index is -0.0000000300. The fourth-order valence-electron chi connectivity index (χ4n) is 0. The summed E-state index contributed by atoms with van der Waals surface area (Å²) in [5.74, 6) is 0. The SMILES string of the molecule is FP(F)F.O.O=[P+]([O-])[O-].[Mg+2]. The Bertz CT molecular complexity index is 62.8. The predicted octanol–water partition coefficient (Wildman–Crippen LogP) is -0.719. The minimum atomic E-state index is -4.12. The molecule has 0 amide bonds. The van der Waals surface area contributed by atoms with Gasteiger partial charge in [0.15, 0.2) is 0 Å². The Morgan fingerprint density at radius 1 is 1.20 bits per heavy atom. The number of rotatable bonds is 0. The van der Waals surface area contributed by atoms with Gasteiger partial charge < -0.3 is 15.3 Å². The van der Waals surface area contributed by atoms with E-state index in [0.717, 1.165) is 0 Å². The van der Waals surface area contributed by atoms with Crippen LogP contribution in [0.2, 0.25) is 0 Å². The van der Waals surface area contributed by atoms with E-state index < -0.39 is 17.1 Å². The molecule has 0 aliphatic heterocycles. The molecule has 0 unspecified atom stereocenters. The van der Waals surface area contributed by atoms with Crippen LogP contribution in [0.3, 0.4) is 0 Å². The van der Waals surface area contributed by atoms with Crippen LogP contribution in [-0.2, 0) is 4.57 Å². The van der Waals surface area contributed by atoms with Crippen LogP contribution in [0.5, 0.6) is 0 Å². The summed E-state index contributed by atoms with van der Waals surface area (Å²) in [6.45, 7) is 0. The van der Waals surface area contributed by atoms with Crippen molar-refractivity contribution in [1.29, 1.82) is 0 Å². The van der Waals surface area contributed by atoms with Crippen molar-refractivity contribution in [2.45, 2.75) is 0 Å². The smallest absolute Gasteiger partial charge is 0.598 e. The monoisotopic (exact) mass is 209 g/mol. The number of hydrogen-bond acceptors (Lipinski definition) is 3. The first-order valence-electron chi connectivity index (χ1n) is 1.05. The van der Waals surface area contributed by atoms with E-state index in [-0.39, 0.29) is 28.5 Å².